The van der Waals surface area contributed by atoms with Gasteiger partial charge in [0.25, 0.3) is 0 Å². The summed E-state index contributed by atoms with van der Waals surface area (Å²) in [5, 5.41) is 0. The van der Waals surface area contributed by atoms with E-state index in [0.717, 1.165) is 5.56 Å². The Morgan fingerprint density at radius 2 is 2.00 bits per heavy atom. The third kappa shape index (κ3) is 3.25. The first kappa shape index (κ1) is 15.5. The van der Waals surface area contributed by atoms with E-state index in [4.69, 9.17) is 10.5 Å². The average Bonchev–Trinajstić information content (AvgIpc) is 2.42. The highest BCUT2D eigenvalue weighted by Gasteiger charge is 2.36. The van der Waals surface area contributed by atoms with E-state index in [1.165, 1.54) is 0 Å². The van der Waals surface area contributed by atoms with Crippen molar-refractivity contribution in [2.24, 2.45) is 5.73 Å². The highest BCUT2D eigenvalue weighted by atomic mass is 35.5. The molecule has 2 unspecified atom stereocenters. The molecule has 2 atom stereocenters. The molecule has 2 N–H and O–H groups in total. The summed E-state index contributed by atoms with van der Waals surface area (Å²) >= 11 is 0. The minimum absolute atomic E-state index is 0. The number of benzene rings is 1. The van der Waals surface area contributed by atoms with E-state index in [-0.39, 0.29) is 18.4 Å². The number of carbonyl (C=O) groups is 1. The van der Waals surface area contributed by atoms with Crippen LogP contribution in [-0.2, 0) is 15.1 Å². The SMILES string of the molecule is CCC(=O)OC1C=CC=CC1(N)c1ccccc1.Cl. The Labute approximate surface area is 119 Å². The van der Waals surface area contributed by atoms with Gasteiger partial charge in [0.05, 0.1) is 0 Å². The Balaban J connectivity index is 0.00000180. The molecule has 1 aliphatic carbocycles. The van der Waals surface area contributed by atoms with E-state index in [0.29, 0.717) is 6.42 Å². The lowest BCUT2D eigenvalue weighted by atomic mass is 9.82. The number of ether oxygens (including phenoxy) is 1. The van der Waals surface area contributed by atoms with Crippen LogP contribution in [0.25, 0.3) is 0 Å². The molecule has 2 rings (SSSR count). The summed E-state index contributed by atoms with van der Waals surface area (Å²) in [5.74, 6) is -0.245. The van der Waals surface area contributed by atoms with Gasteiger partial charge in [-0.3, -0.25) is 4.79 Å². The van der Waals surface area contributed by atoms with Gasteiger partial charge in [-0.1, -0.05) is 55.5 Å². The van der Waals surface area contributed by atoms with E-state index in [1.54, 1.807) is 6.92 Å². The predicted molar refractivity (Wildman–Crippen MR) is 78.0 cm³/mol. The molecule has 1 aromatic carbocycles. The number of allylic oxidation sites excluding steroid dienone is 2. The summed E-state index contributed by atoms with van der Waals surface area (Å²) in [4.78, 5) is 11.5. The van der Waals surface area contributed by atoms with Gasteiger partial charge in [0.2, 0.25) is 0 Å². The van der Waals surface area contributed by atoms with Crippen LogP contribution >= 0.6 is 12.4 Å². The molecule has 0 saturated heterocycles. The van der Waals surface area contributed by atoms with Crippen LogP contribution in [0, 0.1) is 0 Å². The van der Waals surface area contributed by atoms with Gasteiger partial charge in [0.1, 0.15) is 11.6 Å². The molecule has 0 aliphatic heterocycles. The molecule has 102 valence electrons. The van der Waals surface area contributed by atoms with Gasteiger partial charge in [-0.25, -0.2) is 0 Å². The van der Waals surface area contributed by atoms with Crippen molar-refractivity contribution < 1.29 is 9.53 Å². The topological polar surface area (TPSA) is 52.3 Å². The number of halogens is 1. The van der Waals surface area contributed by atoms with Gasteiger partial charge < -0.3 is 10.5 Å². The normalized spacial score (nSPS) is 24.6. The van der Waals surface area contributed by atoms with Crippen LogP contribution in [0.1, 0.15) is 18.9 Å². The second-order valence-corrected chi connectivity index (χ2v) is 4.31. The second-order valence-electron chi connectivity index (χ2n) is 4.31. The average molecular weight is 280 g/mol. The van der Waals surface area contributed by atoms with Crippen LogP contribution in [0.15, 0.2) is 54.6 Å². The molecule has 0 radical (unpaired) electrons. The lowest BCUT2D eigenvalue weighted by Crippen LogP contribution is -2.48. The highest BCUT2D eigenvalue weighted by molar-refractivity contribution is 5.85. The fourth-order valence-electron chi connectivity index (χ4n) is 1.98. The molecular weight excluding hydrogens is 262 g/mol. The summed E-state index contributed by atoms with van der Waals surface area (Å²) in [6.45, 7) is 1.77. The number of esters is 1. The number of carbonyl (C=O) groups excluding carboxylic acids is 1. The molecular formula is C15H18ClNO2. The van der Waals surface area contributed by atoms with Gasteiger partial charge >= 0.3 is 5.97 Å². The summed E-state index contributed by atoms with van der Waals surface area (Å²) in [6.07, 6.45) is 7.30. The van der Waals surface area contributed by atoms with Crippen molar-refractivity contribution in [3.8, 4) is 0 Å². The zero-order valence-electron chi connectivity index (χ0n) is 10.8. The number of nitrogens with two attached hydrogens (primary N) is 1. The van der Waals surface area contributed by atoms with Crippen LogP contribution in [0.2, 0.25) is 0 Å². The molecule has 0 amide bonds. The molecule has 0 heterocycles. The van der Waals surface area contributed by atoms with Crippen LogP contribution < -0.4 is 5.73 Å². The maximum Gasteiger partial charge on any atom is 0.306 e. The Morgan fingerprint density at radius 1 is 1.32 bits per heavy atom. The monoisotopic (exact) mass is 279 g/mol. The van der Waals surface area contributed by atoms with Crippen molar-refractivity contribution in [2.45, 2.75) is 25.0 Å². The van der Waals surface area contributed by atoms with Crippen LogP contribution in [0.3, 0.4) is 0 Å². The Kier molecular flexibility index (Phi) is 5.33. The van der Waals surface area contributed by atoms with E-state index in [9.17, 15) is 4.79 Å². The fraction of sp³-hybridized carbons (Fsp3) is 0.267. The summed E-state index contributed by atoms with van der Waals surface area (Å²) in [5.41, 5.74) is 6.55. The number of hydrogen-bond acceptors (Lipinski definition) is 3. The first-order chi connectivity index (χ1) is 8.66. The maximum absolute atomic E-state index is 11.5. The maximum atomic E-state index is 11.5. The first-order valence-electron chi connectivity index (χ1n) is 6.06. The third-order valence-corrected chi connectivity index (χ3v) is 3.06. The second kappa shape index (κ2) is 6.55. The smallest absolute Gasteiger partial charge is 0.306 e. The zero-order chi connectivity index (χ0) is 13.0. The molecule has 0 aromatic heterocycles. The predicted octanol–water partition coefficient (Wildman–Crippen LogP) is 2.71. The van der Waals surface area contributed by atoms with Crippen molar-refractivity contribution in [3.05, 3.63) is 60.2 Å². The summed E-state index contributed by atoms with van der Waals surface area (Å²) in [7, 11) is 0. The van der Waals surface area contributed by atoms with E-state index in [1.807, 2.05) is 54.6 Å². The van der Waals surface area contributed by atoms with Gasteiger partial charge in [0.15, 0.2) is 0 Å². The fourth-order valence-corrected chi connectivity index (χ4v) is 1.98. The van der Waals surface area contributed by atoms with Crippen LogP contribution in [-0.4, -0.2) is 12.1 Å². The van der Waals surface area contributed by atoms with E-state index in [2.05, 4.69) is 0 Å². The molecule has 1 aromatic rings. The zero-order valence-corrected chi connectivity index (χ0v) is 11.6. The van der Waals surface area contributed by atoms with Crippen LogP contribution in [0.4, 0.5) is 0 Å². The molecule has 3 nitrogen and oxygen atoms in total. The van der Waals surface area contributed by atoms with Gasteiger partial charge in [0, 0.05) is 6.42 Å². The molecule has 1 aliphatic rings. The van der Waals surface area contributed by atoms with Gasteiger partial charge in [-0.2, -0.15) is 0 Å². The number of hydrogen-bond donors (Lipinski definition) is 1. The molecule has 0 bridgehead atoms. The number of rotatable bonds is 3. The Morgan fingerprint density at radius 3 is 2.63 bits per heavy atom. The van der Waals surface area contributed by atoms with Crippen LogP contribution in [0.5, 0.6) is 0 Å². The standard InChI is InChI=1S/C15H17NO2.ClH/c1-2-14(17)18-13-10-6-7-11-15(13,16)12-8-4-3-5-9-12;/h3-11,13H,2,16H2,1H3;1H. The third-order valence-electron chi connectivity index (χ3n) is 3.06. The first-order valence-corrected chi connectivity index (χ1v) is 6.06. The summed E-state index contributed by atoms with van der Waals surface area (Å²) in [6, 6.07) is 9.67. The lowest BCUT2D eigenvalue weighted by Gasteiger charge is -2.34. The van der Waals surface area contributed by atoms with Crippen molar-refractivity contribution >= 4 is 18.4 Å². The minimum Gasteiger partial charge on any atom is -0.455 e. The Hall–Kier alpha value is -1.58. The van der Waals surface area contributed by atoms with Gasteiger partial charge in [-0.05, 0) is 11.6 Å². The minimum atomic E-state index is -0.791. The van der Waals surface area contributed by atoms with Crippen molar-refractivity contribution in [2.75, 3.05) is 0 Å². The van der Waals surface area contributed by atoms with E-state index >= 15 is 0 Å². The molecule has 19 heavy (non-hydrogen) atoms. The van der Waals surface area contributed by atoms with Crippen molar-refractivity contribution in [1.29, 1.82) is 0 Å². The molecule has 0 fully saturated rings. The largest absolute Gasteiger partial charge is 0.455 e. The van der Waals surface area contributed by atoms with Crippen molar-refractivity contribution in [3.63, 3.8) is 0 Å². The lowest BCUT2D eigenvalue weighted by molar-refractivity contribution is -0.148. The molecule has 0 spiro atoms. The van der Waals surface area contributed by atoms with E-state index < -0.39 is 11.6 Å². The Bertz CT molecular complexity index is 484. The molecule has 0 saturated carbocycles. The molecule has 4 heteroatoms. The highest BCUT2D eigenvalue weighted by Crippen LogP contribution is 2.29. The summed E-state index contributed by atoms with van der Waals surface area (Å²) < 4.78 is 5.41. The quantitative estimate of drug-likeness (QED) is 0.866. The van der Waals surface area contributed by atoms with Gasteiger partial charge in [-0.15, -0.1) is 12.4 Å². The van der Waals surface area contributed by atoms with Crippen molar-refractivity contribution in [1.82, 2.24) is 0 Å².